The van der Waals surface area contributed by atoms with Crippen LogP contribution in [-0.2, 0) is 22.6 Å². The summed E-state index contributed by atoms with van der Waals surface area (Å²) in [5.41, 5.74) is 3.08. The van der Waals surface area contributed by atoms with E-state index in [2.05, 4.69) is 6.07 Å². The fraction of sp³-hybridized carbons (Fsp3) is 0.261. The average Bonchev–Trinajstić information content (AvgIpc) is 3.02. The van der Waals surface area contributed by atoms with Crippen molar-refractivity contribution in [2.24, 2.45) is 0 Å². The molecular weight excluding hydrogens is 400 g/mol. The first-order chi connectivity index (χ1) is 14.6. The van der Waals surface area contributed by atoms with Crippen molar-refractivity contribution in [2.45, 2.75) is 19.9 Å². The number of hydrogen-bond donors (Lipinski definition) is 0. The van der Waals surface area contributed by atoms with Crippen molar-refractivity contribution >= 4 is 34.9 Å². The molecule has 3 amide bonds. The number of amides is 3. The van der Waals surface area contributed by atoms with Gasteiger partial charge in [-0.05, 0) is 48.4 Å². The Morgan fingerprint density at radius 3 is 2.63 bits per heavy atom. The number of hydrogen-bond acceptors (Lipinski definition) is 5. The minimum atomic E-state index is -0.443. The largest absolute Gasteiger partial charge is 0.493 e. The maximum absolute atomic E-state index is 12.8. The lowest BCUT2D eigenvalue weighted by molar-refractivity contribution is -0.136. The molecule has 2 aliphatic rings. The molecule has 0 bridgehead atoms. The summed E-state index contributed by atoms with van der Waals surface area (Å²) in [7, 11) is 0. The Kier molecular flexibility index (Phi) is 5.90. The molecule has 4 rings (SSSR count). The molecular formula is C23H22N2O4S. The first kappa shape index (κ1) is 20.2. The highest BCUT2D eigenvalue weighted by atomic mass is 32.2. The van der Waals surface area contributed by atoms with E-state index in [0.717, 1.165) is 34.2 Å². The molecule has 6 nitrogen and oxygen atoms in total. The van der Waals surface area contributed by atoms with Crippen LogP contribution in [0.4, 0.5) is 4.79 Å². The van der Waals surface area contributed by atoms with Gasteiger partial charge in [0.2, 0.25) is 5.91 Å². The Morgan fingerprint density at radius 2 is 1.83 bits per heavy atom. The van der Waals surface area contributed by atoms with E-state index in [1.54, 1.807) is 11.0 Å². The Hall–Kier alpha value is -3.06. The van der Waals surface area contributed by atoms with Crippen LogP contribution in [0.25, 0.3) is 6.08 Å². The van der Waals surface area contributed by atoms with Crippen LogP contribution < -0.4 is 4.74 Å². The van der Waals surface area contributed by atoms with Crippen LogP contribution >= 0.6 is 11.8 Å². The Morgan fingerprint density at radius 1 is 1.10 bits per heavy atom. The highest BCUT2D eigenvalue weighted by Gasteiger charge is 2.37. The minimum absolute atomic E-state index is 0.220. The third kappa shape index (κ3) is 4.11. The second-order valence-electron chi connectivity index (χ2n) is 7.07. The van der Waals surface area contributed by atoms with Gasteiger partial charge in [0.15, 0.2) is 0 Å². The monoisotopic (exact) mass is 422 g/mol. The lowest BCUT2D eigenvalue weighted by Gasteiger charge is -2.29. The molecule has 30 heavy (non-hydrogen) atoms. The van der Waals surface area contributed by atoms with Crippen molar-refractivity contribution in [3.05, 3.63) is 70.1 Å². The van der Waals surface area contributed by atoms with Crippen LogP contribution in [0.15, 0.2) is 53.4 Å². The summed E-state index contributed by atoms with van der Waals surface area (Å²) >= 11 is 0.853. The number of rotatable bonds is 5. The summed E-state index contributed by atoms with van der Waals surface area (Å²) < 4.78 is 5.58. The first-order valence-electron chi connectivity index (χ1n) is 9.88. The van der Waals surface area contributed by atoms with Crippen LogP contribution in [0.1, 0.15) is 23.6 Å². The lowest BCUT2D eigenvalue weighted by Crippen LogP contribution is -2.44. The predicted octanol–water partition coefficient (Wildman–Crippen LogP) is 3.71. The Labute approximate surface area is 179 Å². The van der Waals surface area contributed by atoms with Gasteiger partial charge in [0.25, 0.3) is 11.1 Å². The van der Waals surface area contributed by atoms with E-state index < -0.39 is 11.1 Å². The summed E-state index contributed by atoms with van der Waals surface area (Å²) in [6.07, 6.45) is 2.43. The molecule has 2 aromatic carbocycles. The van der Waals surface area contributed by atoms with E-state index in [9.17, 15) is 14.4 Å². The van der Waals surface area contributed by atoms with Gasteiger partial charge < -0.3 is 9.64 Å². The molecule has 1 saturated heterocycles. The normalized spacial score (nSPS) is 17.4. The van der Waals surface area contributed by atoms with E-state index in [0.29, 0.717) is 30.4 Å². The number of ether oxygens (including phenoxy) is 1. The third-order valence-electron chi connectivity index (χ3n) is 5.16. The summed E-state index contributed by atoms with van der Waals surface area (Å²) in [5.74, 6) is -0.0142. The molecule has 0 spiro atoms. The van der Waals surface area contributed by atoms with Gasteiger partial charge in [-0.25, -0.2) is 0 Å². The van der Waals surface area contributed by atoms with Gasteiger partial charge in [0.05, 0.1) is 11.5 Å². The molecule has 2 heterocycles. The third-order valence-corrected chi connectivity index (χ3v) is 6.06. The SMILES string of the molecule is CCOc1ccccc1/C=C1\SC(=O)N(CC(=O)N2CCc3ccccc3C2)C1=O. The molecule has 0 aromatic heterocycles. The molecule has 0 saturated carbocycles. The van der Waals surface area contributed by atoms with Crippen LogP contribution in [0.5, 0.6) is 5.75 Å². The van der Waals surface area contributed by atoms with Gasteiger partial charge in [-0.1, -0.05) is 42.5 Å². The van der Waals surface area contributed by atoms with E-state index in [1.165, 1.54) is 5.56 Å². The summed E-state index contributed by atoms with van der Waals surface area (Å²) in [6.45, 7) is 3.23. The van der Waals surface area contributed by atoms with Crippen molar-refractivity contribution in [1.82, 2.24) is 9.80 Å². The maximum Gasteiger partial charge on any atom is 0.294 e. The molecule has 2 aliphatic heterocycles. The van der Waals surface area contributed by atoms with Gasteiger partial charge in [-0.15, -0.1) is 0 Å². The smallest absolute Gasteiger partial charge is 0.294 e. The molecule has 0 radical (unpaired) electrons. The number of para-hydroxylation sites is 1. The number of imide groups is 1. The summed E-state index contributed by atoms with van der Waals surface area (Å²) in [4.78, 5) is 41.1. The number of nitrogens with zero attached hydrogens (tertiary/aromatic N) is 2. The average molecular weight is 423 g/mol. The number of carbonyl (C=O) groups excluding carboxylic acids is 3. The fourth-order valence-electron chi connectivity index (χ4n) is 3.61. The molecule has 0 N–H and O–H groups in total. The molecule has 154 valence electrons. The molecule has 0 aliphatic carbocycles. The zero-order chi connectivity index (χ0) is 21.1. The van der Waals surface area contributed by atoms with Gasteiger partial charge in [0, 0.05) is 18.7 Å². The summed E-state index contributed by atoms with van der Waals surface area (Å²) in [5, 5.41) is -0.425. The second kappa shape index (κ2) is 8.75. The zero-order valence-electron chi connectivity index (χ0n) is 16.7. The number of thioether (sulfide) groups is 1. The van der Waals surface area contributed by atoms with Crippen molar-refractivity contribution < 1.29 is 19.1 Å². The number of carbonyl (C=O) groups is 3. The standard InChI is InChI=1S/C23H22N2O4S/c1-2-29-19-10-6-5-8-17(19)13-20-22(27)25(23(28)30-20)15-21(26)24-12-11-16-7-3-4-9-18(16)14-24/h3-10,13H,2,11-12,14-15H2,1H3/b20-13-. The first-order valence-corrected chi connectivity index (χ1v) is 10.7. The zero-order valence-corrected chi connectivity index (χ0v) is 17.5. The topological polar surface area (TPSA) is 66.9 Å². The van der Waals surface area contributed by atoms with Crippen molar-refractivity contribution in [1.29, 1.82) is 0 Å². The van der Waals surface area contributed by atoms with Crippen molar-refractivity contribution in [2.75, 3.05) is 19.7 Å². The molecule has 7 heteroatoms. The maximum atomic E-state index is 12.8. The van der Waals surface area contributed by atoms with Crippen molar-refractivity contribution in [3.63, 3.8) is 0 Å². The fourth-order valence-corrected chi connectivity index (χ4v) is 4.44. The minimum Gasteiger partial charge on any atom is -0.493 e. The molecule has 1 fully saturated rings. The van der Waals surface area contributed by atoms with Crippen molar-refractivity contribution in [3.8, 4) is 5.75 Å². The van der Waals surface area contributed by atoms with Gasteiger partial charge in [-0.2, -0.15) is 0 Å². The van der Waals surface area contributed by atoms with E-state index >= 15 is 0 Å². The van der Waals surface area contributed by atoms with Crippen LogP contribution in [-0.4, -0.2) is 46.5 Å². The highest BCUT2D eigenvalue weighted by Crippen LogP contribution is 2.34. The van der Waals surface area contributed by atoms with Crippen LogP contribution in [0.3, 0.4) is 0 Å². The number of benzene rings is 2. The van der Waals surface area contributed by atoms with Gasteiger partial charge >= 0.3 is 0 Å². The van der Waals surface area contributed by atoms with Gasteiger partial charge in [-0.3, -0.25) is 19.3 Å². The lowest BCUT2D eigenvalue weighted by atomic mass is 10.00. The second-order valence-corrected chi connectivity index (χ2v) is 8.07. The number of fused-ring (bicyclic) bond motifs is 1. The van der Waals surface area contributed by atoms with E-state index in [-0.39, 0.29) is 12.5 Å². The van der Waals surface area contributed by atoms with Gasteiger partial charge in [0.1, 0.15) is 12.3 Å². The molecule has 0 atom stereocenters. The summed E-state index contributed by atoms with van der Waals surface area (Å²) in [6, 6.07) is 15.4. The molecule has 0 unspecified atom stereocenters. The van der Waals surface area contributed by atoms with E-state index in [1.807, 2.05) is 49.4 Å². The van der Waals surface area contributed by atoms with Crippen LogP contribution in [0, 0.1) is 0 Å². The quantitative estimate of drug-likeness (QED) is 0.688. The van der Waals surface area contributed by atoms with Crippen LogP contribution in [0.2, 0.25) is 0 Å². The Bertz CT molecular complexity index is 1030. The Balaban J connectivity index is 1.47. The highest BCUT2D eigenvalue weighted by molar-refractivity contribution is 8.18. The van der Waals surface area contributed by atoms with E-state index in [4.69, 9.17) is 4.74 Å². The molecule has 2 aromatic rings. The predicted molar refractivity (Wildman–Crippen MR) is 116 cm³/mol.